The van der Waals surface area contributed by atoms with Crippen LogP contribution in [-0.4, -0.2) is 54.7 Å². The SMILES string of the molecule is CC(CCNC(=O)NC1CCN(C)CC1C)CCC(=O)O. The highest BCUT2D eigenvalue weighted by Gasteiger charge is 2.25. The summed E-state index contributed by atoms with van der Waals surface area (Å²) in [4.78, 5) is 24.6. The Morgan fingerprint density at radius 2 is 2.10 bits per heavy atom. The first-order valence-corrected chi connectivity index (χ1v) is 7.83. The van der Waals surface area contributed by atoms with Crippen molar-refractivity contribution < 1.29 is 14.7 Å². The van der Waals surface area contributed by atoms with Gasteiger partial charge in [-0.25, -0.2) is 4.79 Å². The van der Waals surface area contributed by atoms with E-state index >= 15 is 0 Å². The van der Waals surface area contributed by atoms with E-state index in [1.54, 1.807) is 0 Å². The molecule has 3 unspecified atom stereocenters. The lowest BCUT2D eigenvalue weighted by atomic mass is 9.94. The predicted octanol–water partition coefficient (Wildman–Crippen LogP) is 1.52. The second-order valence-electron chi connectivity index (χ2n) is 6.36. The van der Waals surface area contributed by atoms with Crippen molar-refractivity contribution in [3.63, 3.8) is 0 Å². The van der Waals surface area contributed by atoms with Crippen molar-refractivity contribution in [1.29, 1.82) is 0 Å². The van der Waals surface area contributed by atoms with Crippen LogP contribution < -0.4 is 10.6 Å². The summed E-state index contributed by atoms with van der Waals surface area (Å²) in [6, 6.07) is 0.132. The maximum atomic E-state index is 11.9. The maximum absolute atomic E-state index is 11.9. The summed E-state index contributed by atoms with van der Waals surface area (Å²) in [5, 5.41) is 14.5. The molecule has 1 aliphatic heterocycles. The molecule has 1 rings (SSSR count). The Hall–Kier alpha value is -1.30. The summed E-state index contributed by atoms with van der Waals surface area (Å²) in [7, 11) is 2.10. The van der Waals surface area contributed by atoms with Crippen LogP contribution in [0, 0.1) is 11.8 Å². The molecule has 0 saturated carbocycles. The molecule has 3 atom stereocenters. The van der Waals surface area contributed by atoms with Gasteiger partial charge in [-0.15, -0.1) is 0 Å². The molecule has 1 fully saturated rings. The smallest absolute Gasteiger partial charge is 0.315 e. The molecule has 122 valence electrons. The first kappa shape index (κ1) is 17.8. The zero-order valence-corrected chi connectivity index (χ0v) is 13.4. The van der Waals surface area contributed by atoms with E-state index in [1.807, 2.05) is 6.92 Å². The molecule has 6 heteroatoms. The molecule has 2 amide bonds. The fourth-order valence-electron chi connectivity index (χ4n) is 2.73. The third-order valence-corrected chi connectivity index (χ3v) is 4.20. The molecule has 21 heavy (non-hydrogen) atoms. The van der Waals surface area contributed by atoms with Crippen LogP contribution in [0.3, 0.4) is 0 Å². The van der Waals surface area contributed by atoms with Crippen molar-refractivity contribution in [3.05, 3.63) is 0 Å². The van der Waals surface area contributed by atoms with Crippen molar-refractivity contribution in [2.45, 2.75) is 45.6 Å². The van der Waals surface area contributed by atoms with Crippen molar-refractivity contribution in [1.82, 2.24) is 15.5 Å². The van der Waals surface area contributed by atoms with Crippen molar-refractivity contribution in [3.8, 4) is 0 Å². The lowest BCUT2D eigenvalue weighted by molar-refractivity contribution is -0.137. The number of carbonyl (C=O) groups excluding carboxylic acids is 1. The van der Waals surface area contributed by atoms with Crippen molar-refractivity contribution in [2.24, 2.45) is 11.8 Å². The standard InChI is InChI=1S/C15H29N3O3/c1-11(4-5-14(19)20)6-8-16-15(21)17-13-7-9-18(3)10-12(13)2/h11-13H,4-10H2,1-3H3,(H,19,20)(H2,16,17,21). The number of nitrogens with zero attached hydrogens (tertiary/aromatic N) is 1. The highest BCUT2D eigenvalue weighted by molar-refractivity contribution is 5.74. The molecule has 0 aromatic rings. The molecule has 0 aliphatic carbocycles. The minimum absolute atomic E-state index is 0.109. The molecule has 1 saturated heterocycles. The lowest BCUT2D eigenvalue weighted by Crippen LogP contribution is -2.51. The Labute approximate surface area is 127 Å². The molecule has 1 aliphatic rings. The topological polar surface area (TPSA) is 81.7 Å². The first-order valence-electron chi connectivity index (χ1n) is 7.83. The normalized spacial score (nSPS) is 24.3. The summed E-state index contributed by atoms with van der Waals surface area (Å²) >= 11 is 0. The monoisotopic (exact) mass is 299 g/mol. The number of carbonyl (C=O) groups is 2. The van der Waals surface area contributed by atoms with Crippen LogP contribution in [0.1, 0.15) is 39.5 Å². The van der Waals surface area contributed by atoms with E-state index in [1.165, 1.54) is 0 Å². The summed E-state index contributed by atoms with van der Waals surface area (Å²) in [6.45, 7) is 6.79. The summed E-state index contributed by atoms with van der Waals surface area (Å²) in [5.74, 6) is 0.0106. The van der Waals surface area contributed by atoms with Gasteiger partial charge in [-0.3, -0.25) is 4.79 Å². The average Bonchev–Trinajstić information content (AvgIpc) is 2.39. The zero-order valence-electron chi connectivity index (χ0n) is 13.4. The van der Waals surface area contributed by atoms with Crippen LogP contribution in [0.25, 0.3) is 0 Å². The van der Waals surface area contributed by atoms with Crippen molar-refractivity contribution >= 4 is 12.0 Å². The van der Waals surface area contributed by atoms with E-state index in [4.69, 9.17) is 5.11 Å². The maximum Gasteiger partial charge on any atom is 0.315 e. The number of carboxylic acid groups (broad SMARTS) is 1. The fourth-order valence-corrected chi connectivity index (χ4v) is 2.73. The molecule has 0 bridgehead atoms. The van der Waals surface area contributed by atoms with Crippen LogP contribution in [0.5, 0.6) is 0 Å². The Morgan fingerprint density at radius 3 is 2.71 bits per heavy atom. The molecule has 0 radical (unpaired) electrons. The Kier molecular flexibility index (Phi) is 7.50. The van der Waals surface area contributed by atoms with Crippen LogP contribution in [0.4, 0.5) is 4.79 Å². The quantitative estimate of drug-likeness (QED) is 0.665. The highest BCUT2D eigenvalue weighted by Crippen LogP contribution is 2.15. The lowest BCUT2D eigenvalue weighted by Gasteiger charge is -2.35. The Balaban J connectivity index is 2.15. The summed E-state index contributed by atoms with van der Waals surface area (Å²) in [6.07, 6.45) is 2.65. The Bertz CT molecular complexity index is 349. The van der Waals surface area contributed by atoms with Gasteiger partial charge in [0.2, 0.25) is 0 Å². The summed E-state index contributed by atoms with van der Waals surface area (Å²) in [5.41, 5.74) is 0. The molecule has 0 spiro atoms. The minimum Gasteiger partial charge on any atom is -0.481 e. The van der Waals surface area contributed by atoms with Crippen LogP contribution >= 0.6 is 0 Å². The van der Waals surface area contributed by atoms with E-state index in [9.17, 15) is 9.59 Å². The fraction of sp³-hybridized carbons (Fsp3) is 0.867. The van der Waals surface area contributed by atoms with Crippen LogP contribution in [0.2, 0.25) is 0 Å². The van der Waals surface area contributed by atoms with Crippen LogP contribution in [-0.2, 0) is 4.79 Å². The third-order valence-electron chi connectivity index (χ3n) is 4.20. The molecule has 0 aromatic carbocycles. The second-order valence-corrected chi connectivity index (χ2v) is 6.36. The van der Waals surface area contributed by atoms with Gasteiger partial charge < -0.3 is 20.6 Å². The van der Waals surface area contributed by atoms with E-state index < -0.39 is 5.97 Å². The molecule has 1 heterocycles. The molecular formula is C15H29N3O3. The molecule has 6 nitrogen and oxygen atoms in total. The van der Waals surface area contributed by atoms with Gasteiger partial charge in [0, 0.05) is 25.6 Å². The third kappa shape index (κ3) is 7.32. The van der Waals surface area contributed by atoms with Crippen LogP contribution in [0.15, 0.2) is 0 Å². The number of piperidine rings is 1. The molecule has 3 N–H and O–H groups in total. The number of hydrogen-bond donors (Lipinski definition) is 3. The van der Waals surface area contributed by atoms with Gasteiger partial charge >= 0.3 is 12.0 Å². The second kappa shape index (κ2) is 8.87. The van der Waals surface area contributed by atoms with Gasteiger partial charge in [0.05, 0.1) is 0 Å². The van der Waals surface area contributed by atoms with Gasteiger partial charge in [-0.2, -0.15) is 0 Å². The largest absolute Gasteiger partial charge is 0.481 e. The number of carboxylic acids is 1. The average molecular weight is 299 g/mol. The van der Waals surface area contributed by atoms with E-state index in [0.29, 0.717) is 24.8 Å². The van der Waals surface area contributed by atoms with Gasteiger partial charge in [0.1, 0.15) is 0 Å². The molecular weight excluding hydrogens is 270 g/mol. The number of nitrogens with one attached hydrogen (secondary N) is 2. The van der Waals surface area contributed by atoms with Gasteiger partial charge in [0.15, 0.2) is 0 Å². The number of amides is 2. The van der Waals surface area contributed by atoms with Gasteiger partial charge in [-0.05, 0) is 44.7 Å². The van der Waals surface area contributed by atoms with Gasteiger partial charge in [-0.1, -0.05) is 13.8 Å². The number of rotatable bonds is 7. The molecule has 0 aromatic heterocycles. The Morgan fingerprint density at radius 1 is 1.38 bits per heavy atom. The predicted molar refractivity (Wildman–Crippen MR) is 82.3 cm³/mol. The van der Waals surface area contributed by atoms with Gasteiger partial charge in [0.25, 0.3) is 0 Å². The number of likely N-dealkylation sites (tertiary alicyclic amines) is 1. The number of hydrogen-bond acceptors (Lipinski definition) is 3. The van der Waals surface area contributed by atoms with Crippen molar-refractivity contribution in [2.75, 3.05) is 26.7 Å². The minimum atomic E-state index is -0.760. The number of aliphatic carboxylic acids is 1. The van der Waals surface area contributed by atoms with E-state index in [0.717, 1.165) is 25.9 Å². The number of urea groups is 1. The highest BCUT2D eigenvalue weighted by atomic mass is 16.4. The first-order chi connectivity index (χ1) is 9.88. The van der Waals surface area contributed by atoms with E-state index in [2.05, 4.69) is 29.5 Å². The van der Waals surface area contributed by atoms with E-state index in [-0.39, 0.29) is 18.5 Å². The summed E-state index contributed by atoms with van der Waals surface area (Å²) < 4.78 is 0. The zero-order chi connectivity index (χ0) is 15.8.